The van der Waals surface area contributed by atoms with Crippen molar-refractivity contribution in [3.05, 3.63) is 65.5 Å². The first-order chi connectivity index (χ1) is 16.5. The number of alkyl halides is 1. The van der Waals surface area contributed by atoms with Crippen LogP contribution in [-0.4, -0.2) is 91.2 Å². The fourth-order valence-electron chi connectivity index (χ4n) is 4.57. The van der Waals surface area contributed by atoms with Crippen LogP contribution in [0.15, 0.2) is 48.7 Å². The van der Waals surface area contributed by atoms with E-state index in [9.17, 15) is 4.39 Å². The molecular formula is C28H44FN5. The van der Waals surface area contributed by atoms with Crippen LogP contribution in [0.1, 0.15) is 42.5 Å². The lowest BCUT2D eigenvalue weighted by Crippen LogP contribution is -2.38. The largest absolute Gasteiger partial charge is 0.305 e. The van der Waals surface area contributed by atoms with Gasteiger partial charge in [-0.2, -0.15) is 0 Å². The lowest BCUT2D eigenvalue weighted by atomic mass is 10.1. The van der Waals surface area contributed by atoms with E-state index in [0.29, 0.717) is 12.8 Å². The van der Waals surface area contributed by atoms with Gasteiger partial charge in [-0.05, 0) is 83.2 Å². The number of rotatable bonds is 6. The number of benzene rings is 1. The molecule has 1 saturated heterocycles. The predicted molar refractivity (Wildman–Crippen MR) is 139 cm³/mol. The molecule has 3 rings (SSSR count). The average Bonchev–Trinajstić information content (AvgIpc) is 2.82. The standard InChI is InChI=1S/C28H44FN5/c1-31-16-6-8-27(29)9-7-17-32(2)19-21-34(20-18-31)23-26-13-11-25(12-14-26)22-33(3)24-28-10-4-5-15-30-28/h4-5,10-15,27H,6-9,16-24H2,1-3H3. The first-order valence-electron chi connectivity index (χ1n) is 12.9. The normalized spacial score (nSPS) is 19.3. The van der Waals surface area contributed by atoms with Gasteiger partial charge >= 0.3 is 0 Å². The van der Waals surface area contributed by atoms with Crippen LogP contribution in [0.5, 0.6) is 0 Å². The van der Waals surface area contributed by atoms with Gasteiger partial charge in [-0.3, -0.25) is 14.8 Å². The monoisotopic (exact) mass is 469 g/mol. The highest BCUT2D eigenvalue weighted by Crippen LogP contribution is 2.13. The second-order valence-corrected chi connectivity index (χ2v) is 10.1. The highest BCUT2D eigenvalue weighted by atomic mass is 19.1. The molecule has 188 valence electrons. The van der Waals surface area contributed by atoms with Gasteiger partial charge in [0.2, 0.25) is 0 Å². The van der Waals surface area contributed by atoms with Crippen molar-refractivity contribution < 1.29 is 4.39 Å². The Bertz CT molecular complexity index is 780. The molecule has 2 heterocycles. The topological polar surface area (TPSA) is 25.9 Å². The van der Waals surface area contributed by atoms with E-state index in [4.69, 9.17) is 0 Å². The molecule has 1 aromatic carbocycles. The summed E-state index contributed by atoms with van der Waals surface area (Å²) in [6, 6.07) is 15.2. The van der Waals surface area contributed by atoms with Crippen molar-refractivity contribution in [2.24, 2.45) is 0 Å². The molecule has 34 heavy (non-hydrogen) atoms. The minimum absolute atomic E-state index is 0.640. The number of halogens is 1. The molecule has 0 N–H and O–H groups in total. The quantitative estimate of drug-likeness (QED) is 0.629. The van der Waals surface area contributed by atoms with Crippen LogP contribution in [-0.2, 0) is 19.6 Å². The molecule has 0 aliphatic carbocycles. The lowest BCUT2D eigenvalue weighted by Gasteiger charge is -2.28. The maximum absolute atomic E-state index is 14.1. The highest BCUT2D eigenvalue weighted by molar-refractivity contribution is 5.22. The third-order valence-electron chi connectivity index (χ3n) is 6.75. The Hall–Kier alpha value is -1.86. The molecular weight excluding hydrogens is 425 g/mol. The Morgan fingerprint density at radius 2 is 1.44 bits per heavy atom. The van der Waals surface area contributed by atoms with Crippen molar-refractivity contribution in [3.8, 4) is 0 Å². The molecule has 1 aliphatic heterocycles. The summed E-state index contributed by atoms with van der Waals surface area (Å²) in [5, 5.41) is 0. The minimum atomic E-state index is -0.640. The van der Waals surface area contributed by atoms with E-state index in [1.165, 1.54) is 11.1 Å². The van der Waals surface area contributed by atoms with E-state index in [1.807, 2.05) is 18.3 Å². The van der Waals surface area contributed by atoms with Crippen LogP contribution in [0, 0.1) is 0 Å². The lowest BCUT2D eigenvalue weighted by molar-refractivity contribution is 0.178. The van der Waals surface area contributed by atoms with Gasteiger partial charge in [0.25, 0.3) is 0 Å². The van der Waals surface area contributed by atoms with Crippen LogP contribution in [0.2, 0.25) is 0 Å². The number of pyridine rings is 1. The van der Waals surface area contributed by atoms with Gasteiger partial charge in [0.1, 0.15) is 6.17 Å². The maximum atomic E-state index is 14.1. The van der Waals surface area contributed by atoms with Gasteiger partial charge in [0.05, 0.1) is 5.69 Å². The van der Waals surface area contributed by atoms with E-state index in [-0.39, 0.29) is 0 Å². The Labute approximate surface area is 206 Å². The summed E-state index contributed by atoms with van der Waals surface area (Å²) in [7, 11) is 6.48. The van der Waals surface area contributed by atoms with E-state index >= 15 is 0 Å². The molecule has 0 atom stereocenters. The summed E-state index contributed by atoms with van der Waals surface area (Å²) < 4.78 is 14.1. The van der Waals surface area contributed by atoms with Crippen molar-refractivity contribution in [3.63, 3.8) is 0 Å². The molecule has 0 bridgehead atoms. The smallest absolute Gasteiger partial charge is 0.100 e. The first kappa shape index (κ1) is 26.7. The SMILES string of the molecule is CN1CCCC(F)CCCN(C)CCN(Cc2ccc(CN(C)Cc3ccccn3)cc2)CC1. The molecule has 5 nitrogen and oxygen atoms in total. The second-order valence-electron chi connectivity index (χ2n) is 10.1. The van der Waals surface area contributed by atoms with Crippen molar-refractivity contribution in [2.75, 3.05) is 60.4 Å². The van der Waals surface area contributed by atoms with Gasteiger partial charge < -0.3 is 9.80 Å². The summed E-state index contributed by atoms with van der Waals surface area (Å²) >= 11 is 0. The third kappa shape index (κ3) is 10.2. The van der Waals surface area contributed by atoms with Crippen LogP contribution in [0.25, 0.3) is 0 Å². The molecule has 1 aromatic heterocycles. The fourth-order valence-corrected chi connectivity index (χ4v) is 4.57. The van der Waals surface area contributed by atoms with Gasteiger partial charge in [-0.25, -0.2) is 4.39 Å². The molecule has 0 saturated carbocycles. The van der Waals surface area contributed by atoms with E-state index in [2.05, 4.69) is 76.1 Å². The molecule has 0 unspecified atom stereocenters. The Morgan fingerprint density at radius 3 is 2.03 bits per heavy atom. The number of nitrogens with zero attached hydrogens (tertiary/aromatic N) is 5. The third-order valence-corrected chi connectivity index (χ3v) is 6.75. The van der Waals surface area contributed by atoms with Gasteiger partial charge in [0, 0.05) is 52.0 Å². The number of hydrogen-bond acceptors (Lipinski definition) is 5. The van der Waals surface area contributed by atoms with Crippen LogP contribution in [0.3, 0.4) is 0 Å². The molecule has 0 spiro atoms. The number of aromatic nitrogens is 1. The van der Waals surface area contributed by atoms with E-state index in [0.717, 1.165) is 77.4 Å². The van der Waals surface area contributed by atoms with Crippen molar-refractivity contribution >= 4 is 0 Å². The summed E-state index contributed by atoms with van der Waals surface area (Å²) in [6.45, 7) is 8.82. The number of likely N-dealkylation sites (N-methyl/N-ethyl adjacent to an activating group) is 2. The molecule has 2 aromatic rings. The van der Waals surface area contributed by atoms with Crippen molar-refractivity contribution in [1.82, 2.24) is 24.6 Å². The first-order valence-corrected chi connectivity index (χ1v) is 12.9. The zero-order valence-corrected chi connectivity index (χ0v) is 21.5. The second kappa shape index (κ2) is 14.5. The van der Waals surface area contributed by atoms with Crippen LogP contribution < -0.4 is 0 Å². The summed E-state index contributed by atoms with van der Waals surface area (Å²) in [5.74, 6) is 0. The average molecular weight is 470 g/mol. The molecule has 0 amide bonds. The predicted octanol–water partition coefficient (Wildman–Crippen LogP) is 4.29. The zero-order chi connectivity index (χ0) is 24.2. The molecule has 1 fully saturated rings. The van der Waals surface area contributed by atoms with E-state index in [1.54, 1.807) is 0 Å². The van der Waals surface area contributed by atoms with Gasteiger partial charge in [-0.15, -0.1) is 0 Å². The highest BCUT2D eigenvalue weighted by Gasteiger charge is 2.13. The van der Waals surface area contributed by atoms with Gasteiger partial charge in [0.15, 0.2) is 0 Å². The summed E-state index contributed by atoms with van der Waals surface area (Å²) in [6.07, 6.45) is 4.50. The van der Waals surface area contributed by atoms with E-state index < -0.39 is 6.17 Å². The molecule has 1 aliphatic rings. The Morgan fingerprint density at radius 1 is 0.824 bits per heavy atom. The summed E-state index contributed by atoms with van der Waals surface area (Å²) in [5.41, 5.74) is 3.79. The Balaban J connectivity index is 1.52. The zero-order valence-electron chi connectivity index (χ0n) is 21.5. The van der Waals surface area contributed by atoms with Crippen molar-refractivity contribution in [2.45, 2.75) is 51.5 Å². The van der Waals surface area contributed by atoms with Gasteiger partial charge in [-0.1, -0.05) is 30.3 Å². The Kier molecular flexibility index (Phi) is 11.4. The maximum Gasteiger partial charge on any atom is 0.100 e. The van der Waals surface area contributed by atoms with Crippen molar-refractivity contribution in [1.29, 1.82) is 0 Å². The minimum Gasteiger partial charge on any atom is -0.305 e. The van der Waals surface area contributed by atoms with Crippen LogP contribution >= 0.6 is 0 Å². The molecule has 0 radical (unpaired) electrons. The molecule has 6 heteroatoms. The van der Waals surface area contributed by atoms with Crippen LogP contribution in [0.4, 0.5) is 4.39 Å². The fraction of sp³-hybridized carbons (Fsp3) is 0.607. The number of hydrogen-bond donors (Lipinski definition) is 0. The summed E-state index contributed by atoms with van der Waals surface area (Å²) in [4.78, 5) is 14.0.